The van der Waals surface area contributed by atoms with Gasteiger partial charge in [0.2, 0.25) is 0 Å². The predicted octanol–water partition coefficient (Wildman–Crippen LogP) is 5.48. The van der Waals surface area contributed by atoms with E-state index >= 15 is 0 Å². The van der Waals surface area contributed by atoms with Crippen LogP contribution in [0.3, 0.4) is 0 Å². The molecule has 0 aromatic rings. The van der Waals surface area contributed by atoms with Crippen molar-refractivity contribution in [2.24, 2.45) is 46.8 Å². The summed E-state index contributed by atoms with van der Waals surface area (Å²) in [5.41, 5.74) is 0.358. The molecule has 22 heavy (non-hydrogen) atoms. The summed E-state index contributed by atoms with van der Waals surface area (Å²) in [5, 5.41) is 0. The number of aldehydes is 1. The first kappa shape index (κ1) is 15.2. The molecule has 0 heterocycles. The highest BCUT2D eigenvalue weighted by Crippen LogP contribution is 2.64. The minimum absolute atomic E-state index is 0.358. The lowest BCUT2D eigenvalue weighted by Gasteiger charge is -2.56. The average Bonchev–Trinajstić information content (AvgIpc) is 2.90. The summed E-state index contributed by atoms with van der Waals surface area (Å²) in [6.07, 6.45) is 15.5. The van der Waals surface area contributed by atoms with Crippen molar-refractivity contribution < 1.29 is 4.79 Å². The van der Waals surface area contributed by atoms with Gasteiger partial charge in [0.25, 0.3) is 0 Å². The molecule has 4 rings (SSSR count). The molecule has 0 radical (unpaired) electrons. The third kappa shape index (κ3) is 2.13. The maximum Gasteiger partial charge on any atom is 0.123 e. The maximum absolute atomic E-state index is 11.5. The highest BCUT2D eigenvalue weighted by molar-refractivity contribution is 5.56. The standard InChI is InChI=1S/C21H34O/c1-3-14-4-7-17-15(12-14)5-8-19-18(17)10-11-21(2)16(13-22)6-9-20(19)21/h13-20H,3-12H2,1-2H3. The fraction of sp³-hybridized carbons (Fsp3) is 0.952. The minimum Gasteiger partial charge on any atom is -0.303 e. The van der Waals surface area contributed by atoms with Crippen LogP contribution in [0.15, 0.2) is 0 Å². The van der Waals surface area contributed by atoms with E-state index < -0.39 is 0 Å². The van der Waals surface area contributed by atoms with Gasteiger partial charge in [-0.2, -0.15) is 0 Å². The summed E-state index contributed by atoms with van der Waals surface area (Å²) >= 11 is 0. The molecule has 0 bridgehead atoms. The van der Waals surface area contributed by atoms with E-state index in [0.717, 1.165) is 35.5 Å². The van der Waals surface area contributed by atoms with Crippen LogP contribution in [-0.4, -0.2) is 6.29 Å². The molecule has 8 unspecified atom stereocenters. The van der Waals surface area contributed by atoms with E-state index in [1.54, 1.807) is 0 Å². The molecular weight excluding hydrogens is 268 g/mol. The Bertz CT molecular complexity index is 430. The third-order valence-electron chi connectivity index (χ3n) is 8.88. The van der Waals surface area contributed by atoms with Crippen molar-refractivity contribution in [3.05, 3.63) is 0 Å². The van der Waals surface area contributed by atoms with Gasteiger partial charge in [-0.3, -0.25) is 0 Å². The summed E-state index contributed by atoms with van der Waals surface area (Å²) < 4.78 is 0. The van der Waals surface area contributed by atoms with Gasteiger partial charge in [0.05, 0.1) is 0 Å². The highest BCUT2D eigenvalue weighted by Gasteiger charge is 2.56. The monoisotopic (exact) mass is 302 g/mol. The zero-order valence-electron chi connectivity index (χ0n) is 14.6. The molecule has 124 valence electrons. The number of hydrogen-bond donors (Lipinski definition) is 0. The highest BCUT2D eigenvalue weighted by atomic mass is 16.1. The summed E-state index contributed by atoms with van der Waals surface area (Å²) in [6.45, 7) is 4.85. The smallest absolute Gasteiger partial charge is 0.123 e. The fourth-order valence-corrected chi connectivity index (χ4v) is 7.59. The van der Waals surface area contributed by atoms with Gasteiger partial charge in [-0.05, 0) is 92.3 Å². The van der Waals surface area contributed by atoms with Crippen molar-refractivity contribution in [1.29, 1.82) is 0 Å². The SMILES string of the molecule is CCC1CCC2C(CCC3C2CCC2(C)C(C=O)CCC32)C1. The van der Waals surface area contributed by atoms with E-state index in [4.69, 9.17) is 0 Å². The van der Waals surface area contributed by atoms with Crippen molar-refractivity contribution in [3.63, 3.8) is 0 Å². The number of carbonyl (C=O) groups excluding carboxylic acids is 1. The van der Waals surface area contributed by atoms with Crippen LogP contribution < -0.4 is 0 Å². The summed E-state index contributed by atoms with van der Waals surface area (Å²) in [7, 11) is 0. The largest absolute Gasteiger partial charge is 0.303 e. The van der Waals surface area contributed by atoms with Crippen LogP contribution in [0.4, 0.5) is 0 Å². The van der Waals surface area contributed by atoms with Crippen molar-refractivity contribution in [2.75, 3.05) is 0 Å². The van der Waals surface area contributed by atoms with Gasteiger partial charge in [-0.25, -0.2) is 0 Å². The normalized spacial score (nSPS) is 54.2. The lowest BCUT2D eigenvalue weighted by molar-refractivity contribution is -0.118. The van der Waals surface area contributed by atoms with E-state index in [0.29, 0.717) is 11.3 Å². The van der Waals surface area contributed by atoms with E-state index in [9.17, 15) is 4.79 Å². The van der Waals surface area contributed by atoms with Gasteiger partial charge < -0.3 is 4.79 Å². The molecule has 0 aliphatic heterocycles. The van der Waals surface area contributed by atoms with Crippen LogP contribution in [0, 0.1) is 46.8 Å². The molecule has 0 aromatic carbocycles. The van der Waals surface area contributed by atoms with Crippen LogP contribution in [0.5, 0.6) is 0 Å². The van der Waals surface area contributed by atoms with Gasteiger partial charge in [-0.1, -0.05) is 26.7 Å². The quantitative estimate of drug-likeness (QED) is 0.617. The lowest BCUT2D eigenvalue weighted by Crippen LogP contribution is -2.48. The van der Waals surface area contributed by atoms with Gasteiger partial charge >= 0.3 is 0 Å². The molecule has 0 N–H and O–H groups in total. The first-order chi connectivity index (χ1) is 10.7. The van der Waals surface area contributed by atoms with Crippen LogP contribution in [0.25, 0.3) is 0 Å². The van der Waals surface area contributed by atoms with E-state index in [1.807, 2.05) is 0 Å². The second-order valence-electron chi connectivity index (χ2n) is 9.39. The zero-order valence-corrected chi connectivity index (χ0v) is 14.6. The number of hydrogen-bond acceptors (Lipinski definition) is 1. The van der Waals surface area contributed by atoms with E-state index in [1.165, 1.54) is 70.5 Å². The Hall–Kier alpha value is -0.330. The zero-order chi connectivity index (χ0) is 15.3. The molecule has 1 nitrogen and oxygen atoms in total. The summed E-state index contributed by atoms with van der Waals surface area (Å²) in [5.74, 6) is 6.33. The Kier molecular flexibility index (Phi) is 3.90. The second kappa shape index (κ2) is 5.64. The average molecular weight is 303 g/mol. The first-order valence-electron chi connectivity index (χ1n) is 10.1. The first-order valence-corrected chi connectivity index (χ1v) is 10.1. The number of fused-ring (bicyclic) bond motifs is 5. The van der Waals surface area contributed by atoms with Crippen LogP contribution >= 0.6 is 0 Å². The molecule has 4 aliphatic rings. The molecule has 4 saturated carbocycles. The Morgan fingerprint density at radius 1 is 0.955 bits per heavy atom. The topological polar surface area (TPSA) is 17.1 Å². The maximum atomic E-state index is 11.5. The molecule has 1 heteroatoms. The molecule has 4 fully saturated rings. The Labute approximate surface area is 136 Å². The molecule has 4 aliphatic carbocycles. The Morgan fingerprint density at radius 3 is 2.55 bits per heavy atom. The van der Waals surface area contributed by atoms with Gasteiger partial charge in [0.15, 0.2) is 0 Å². The van der Waals surface area contributed by atoms with Gasteiger partial charge in [0.1, 0.15) is 6.29 Å². The molecular formula is C21H34O. The molecule has 0 amide bonds. The Balaban J connectivity index is 1.53. The summed E-state index contributed by atoms with van der Waals surface area (Å²) in [4.78, 5) is 11.5. The lowest BCUT2D eigenvalue weighted by atomic mass is 9.49. The molecule has 0 spiro atoms. The summed E-state index contributed by atoms with van der Waals surface area (Å²) in [6, 6.07) is 0. The van der Waals surface area contributed by atoms with Crippen LogP contribution in [-0.2, 0) is 4.79 Å². The number of rotatable bonds is 2. The van der Waals surface area contributed by atoms with Crippen LogP contribution in [0.1, 0.15) is 78.1 Å². The van der Waals surface area contributed by atoms with Gasteiger partial charge in [-0.15, -0.1) is 0 Å². The molecule has 0 aromatic heterocycles. The molecule has 8 atom stereocenters. The minimum atomic E-state index is 0.358. The molecule has 0 saturated heterocycles. The number of carbonyl (C=O) groups is 1. The van der Waals surface area contributed by atoms with Crippen molar-refractivity contribution in [1.82, 2.24) is 0 Å². The van der Waals surface area contributed by atoms with E-state index in [-0.39, 0.29) is 0 Å². The van der Waals surface area contributed by atoms with Crippen molar-refractivity contribution in [2.45, 2.75) is 78.1 Å². The van der Waals surface area contributed by atoms with Gasteiger partial charge in [0, 0.05) is 5.92 Å². The fourth-order valence-electron chi connectivity index (χ4n) is 7.59. The van der Waals surface area contributed by atoms with Crippen LogP contribution in [0.2, 0.25) is 0 Å². The third-order valence-corrected chi connectivity index (χ3v) is 8.88. The second-order valence-corrected chi connectivity index (χ2v) is 9.39. The van der Waals surface area contributed by atoms with E-state index in [2.05, 4.69) is 13.8 Å². The van der Waals surface area contributed by atoms with Crippen molar-refractivity contribution >= 4 is 6.29 Å². The van der Waals surface area contributed by atoms with Crippen molar-refractivity contribution in [3.8, 4) is 0 Å². The predicted molar refractivity (Wildman–Crippen MR) is 90.4 cm³/mol. The Morgan fingerprint density at radius 2 is 1.77 bits per heavy atom.